The largest absolute Gasteiger partial charge is 0.457 e. The Kier molecular flexibility index (Phi) is 4.08. The molecule has 3 nitrogen and oxygen atoms in total. The molecular formula is C18H22O3. The average Bonchev–Trinajstić information content (AvgIpc) is 2.38. The van der Waals surface area contributed by atoms with Gasteiger partial charge in [0, 0.05) is 0 Å². The molecule has 0 heterocycles. The van der Waals surface area contributed by atoms with Crippen LogP contribution in [0.1, 0.15) is 38.8 Å². The van der Waals surface area contributed by atoms with Gasteiger partial charge in [-0.1, -0.05) is 24.3 Å². The highest BCUT2D eigenvalue weighted by Crippen LogP contribution is 2.27. The summed E-state index contributed by atoms with van der Waals surface area (Å²) >= 11 is 0. The lowest BCUT2D eigenvalue weighted by atomic mass is 9.98. The molecule has 3 heteroatoms. The van der Waals surface area contributed by atoms with Crippen molar-refractivity contribution in [1.29, 1.82) is 0 Å². The maximum atomic E-state index is 9.91. The molecule has 0 amide bonds. The topological polar surface area (TPSA) is 49.7 Å². The lowest BCUT2D eigenvalue weighted by Gasteiger charge is -2.19. The molecule has 0 radical (unpaired) electrons. The number of aliphatic hydroxyl groups is 2. The number of hydrogen-bond acceptors (Lipinski definition) is 3. The number of hydrogen-bond donors (Lipinski definition) is 2. The highest BCUT2D eigenvalue weighted by molar-refractivity contribution is 5.36. The number of rotatable bonds is 4. The molecule has 0 aromatic heterocycles. The Balaban J connectivity index is 2.12. The van der Waals surface area contributed by atoms with Crippen molar-refractivity contribution < 1.29 is 14.9 Å². The van der Waals surface area contributed by atoms with E-state index in [2.05, 4.69) is 0 Å². The molecule has 0 aliphatic heterocycles. The smallest absolute Gasteiger partial charge is 0.127 e. The van der Waals surface area contributed by atoms with Gasteiger partial charge in [-0.25, -0.2) is 0 Å². The summed E-state index contributed by atoms with van der Waals surface area (Å²) in [6.45, 7) is 6.99. The van der Waals surface area contributed by atoms with E-state index in [1.165, 1.54) is 0 Å². The summed E-state index contributed by atoms with van der Waals surface area (Å²) in [6, 6.07) is 14.7. The van der Waals surface area contributed by atoms with E-state index in [0.717, 1.165) is 11.1 Å². The Morgan fingerprint density at radius 1 is 0.619 bits per heavy atom. The van der Waals surface area contributed by atoms with Gasteiger partial charge in [-0.2, -0.15) is 0 Å². The minimum atomic E-state index is -0.854. The van der Waals surface area contributed by atoms with Crippen LogP contribution in [0.2, 0.25) is 0 Å². The first-order valence-corrected chi connectivity index (χ1v) is 7.00. The summed E-state index contributed by atoms with van der Waals surface area (Å²) in [4.78, 5) is 0. The van der Waals surface area contributed by atoms with Crippen molar-refractivity contribution in [2.24, 2.45) is 0 Å². The normalized spacial score (nSPS) is 12.3. The van der Waals surface area contributed by atoms with Gasteiger partial charge >= 0.3 is 0 Å². The van der Waals surface area contributed by atoms with Gasteiger partial charge in [0.15, 0.2) is 0 Å². The number of benzene rings is 2. The van der Waals surface area contributed by atoms with Crippen molar-refractivity contribution in [3.8, 4) is 11.5 Å². The second kappa shape index (κ2) is 5.51. The van der Waals surface area contributed by atoms with Gasteiger partial charge in [0.1, 0.15) is 11.5 Å². The van der Waals surface area contributed by atoms with Crippen LogP contribution >= 0.6 is 0 Å². The van der Waals surface area contributed by atoms with Gasteiger partial charge in [-0.3, -0.25) is 0 Å². The third-order valence-corrected chi connectivity index (χ3v) is 3.36. The van der Waals surface area contributed by atoms with Crippen molar-refractivity contribution in [1.82, 2.24) is 0 Å². The van der Waals surface area contributed by atoms with Crippen LogP contribution in [0.4, 0.5) is 0 Å². The van der Waals surface area contributed by atoms with Gasteiger partial charge in [0.25, 0.3) is 0 Å². The molecule has 2 aromatic rings. The van der Waals surface area contributed by atoms with Gasteiger partial charge in [-0.15, -0.1) is 0 Å². The summed E-state index contributed by atoms with van der Waals surface area (Å²) < 4.78 is 5.75. The zero-order valence-electron chi connectivity index (χ0n) is 12.9. The molecular weight excluding hydrogens is 264 g/mol. The van der Waals surface area contributed by atoms with Crippen molar-refractivity contribution in [3.05, 3.63) is 59.7 Å². The van der Waals surface area contributed by atoms with Crippen LogP contribution in [-0.4, -0.2) is 10.2 Å². The molecule has 0 unspecified atom stereocenters. The van der Waals surface area contributed by atoms with Gasteiger partial charge in [-0.05, 0) is 63.1 Å². The van der Waals surface area contributed by atoms with Gasteiger partial charge < -0.3 is 14.9 Å². The zero-order chi connectivity index (χ0) is 15.7. The molecule has 0 atom stereocenters. The SMILES string of the molecule is CC(C)(O)c1ccc(Oc2ccc(C(C)(C)O)cc2)cc1. The van der Waals surface area contributed by atoms with Crippen LogP contribution in [0.15, 0.2) is 48.5 Å². The minimum Gasteiger partial charge on any atom is -0.457 e. The van der Waals surface area contributed by atoms with Crippen LogP contribution in [0.25, 0.3) is 0 Å². The van der Waals surface area contributed by atoms with Gasteiger partial charge in [0.05, 0.1) is 11.2 Å². The fourth-order valence-corrected chi connectivity index (χ4v) is 2.00. The maximum Gasteiger partial charge on any atom is 0.127 e. The van der Waals surface area contributed by atoms with E-state index in [-0.39, 0.29) is 0 Å². The molecule has 0 saturated heterocycles. The zero-order valence-corrected chi connectivity index (χ0v) is 12.9. The number of ether oxygens (including phenoxy) is 1. The van der Waals surface area contributed by atoms with E-state index in [9.17, 15) is 10.2 Å². The first-order chi connectivity index (χ1) is 9.66. The van der Waals surface area contributed by atoms with E-state index in [1.807, 2.05) is 48.5 Å². The molecule has 0 aliphatic rings. The molecule has 0 spiro atoms. The quantitative estimate of drug-likeness (QED) is 0.895. The van der Waals surface area contributed by atoms with Gasteiger partial charge in [0.2, 0.25) is 0 Å². The monoisotopic (exact) mass is 286 g/mol. The predicted molar refractivity (Wildman–Crippen MR) is 83.4 cm³/mol. The third kappa shape index (κ3) is 4.06. The van der Waals surface area contributed by atoms with Crippen molar-refractivity contribution >= 4 is 0 Å². The predicted octanol–water partition coefficient (Wildman–Crippen LogP) is 3.93. The molecule has 2 aromatic carbocycles. The Morgan fingerprint density at radius 3 is 1.14 bits per heavy atom. The lowest BCUT2D eigenvalue weighted by Crippen LogP contribution is -2.15. The van der Waals surface area contributed by atoms with Crippen molar-refractivity contribution in [2.45, 2.75) is 38.9 Å². The molecule has 21 heavy (non-hydrogen) atoms. The molecule has 0 aliphatic carbocycles. The van der Waals surface area contributed by atoms with Crippen molar-refractivity contribution in [3.63, 3.8) is 0 Å². The van der Waals surface area contributed by atoms with E-state index < -0.39 is 11.2 Å². The standard InChI is InChI=1S/C18H22O3/c1-17(2,19)13-5-9-15(10-6-13)21-16-11-7-14(8-12-16)18(3,4)20/h5-12,19-20H,1-4H3. The van der Waals surface area contributed by atoms with Crippen LogP contribution in [0, 0.1) is 0 Å². The van der Waals surface area contributed by atoms with Crippen LogP contribution in [0.3, 0.4) is 0 Å². The minimum absolute atomic E-state index is 0.707. The molecule has 2 rings (SSSR count). The Morgan fingerprint density at radius 2 is 0.905 bits per heavy atom. The van der Waals surface area contributed by atoms with E-state index in [1.54, 1.807) is 27.7 Å². The van der Waals surface area contributed by atoms with E-state index >= 15 is 0 Å². The molecule has 112 valence electrons. The Hall–Kier alpha value is -1.84. The molecule has 0 saturated carbocycles. The summed E-state index contributed by atoms with van der Waals surface area (Å²) in [5.41, 5.74) is -0.0285. The maximum absolute atomic E-state index is 9.91. The molecule has 2 N–H and O–H groups in total. The summed E-state index contributed by atoms with van der Waals surface area (Å²) in [7, 11) is 0. The van der Waals surface area contributed by atoms with Crippen molar-refractivity contribution in [2.75, 3.05) is 0 Å². The van der Waals surface area contributed by atoms with E-state index in [0.29, 0.717) is 11.5 Å². The first kappa shape index (κ1) is 15.5. The lowest BCUT2D eigenvalue weighted by molar-refractivity contribution is 0.0780. The molecule has 0 bridgehead atoms. The first-order valence-electron chi connectivity index (χ1n) is 7.00. The highest BCUT2D eigenvalue weighted by atomic mass is 16.5. The fourth-order valence-electron chi connectivity index (χ4n) is 2.00. The second-order valence-corrected chi connectivity index (χ2v) is 6.27. The van der Waals surface area contributed by atoms with Crippen LogP contribution in [-0.2, 0) is 11.2 Å². The van der Waals surface area contributed by atoms with Crippen LogP contribution < -0.4 is 4.74 Å². The Labute approximate surface area is 125 Å². The summed E-state index contributed by atoms with van der Waals surface area (Å²) in [6.07, 6.45) is 0. The summed E-state index contributed by atoms with van der Waals surface area (Å²) in [5.74, 6) is 1.41. The van der Waals surface area contributed by atoms with Crippen LogP contribution in [0.5, 0.6) is 11.5 Å². The Bertz CT molecular complexity index is 529. The third-order valence-electron chi connectivity index (χ3n) is 3.36. The molecule has 0 fully saturated rings. The van der Waals surface area contributed by atoms with E-state index in [4.69, 9.17) is 4.74 Å². The highest BCUT2D eigenvalue weighted by Gasteiger charge is 2.16. The average molecular weight is 286 g/mol. The fraction of sp³-hybridized carbons (Fsp3) is 0.333. The second-order valence-electron chi connectivity index (χ2n) is 6.27. The summed E-state index contributed by atoms with van der Waals surface area (Å²) in [5, 5.41) is 19.8.